The average molecular weight is 164 g/mol. The maximum Gasteiger partial charge on any atom is 0.247 e. The molecule has 0 fully saturated rings. The lowest BCUT2D eigenvalue weighted by atomic mass is 10.2. The van der Waals surface area contributed by atoms with E-state index in [4.69, 9.17) is 4.42 Å². The van der Waals surface area contributed by atoms with Gasteiger partial charge in [0.25, 0.3) is 0 Å². The summed E-state index contributed by atoms with van der Waals surface area (Å²) in [5.74, 6) is 0.0141. The third kappa shape index (κ3) is 1.18. The Morgan fingerprint density at radius 3 is 2.92 bits per heavy atom. The number of aromatic nitrogens is 2. The van der Waals surface area contributed by atoms with Crippen LogP contribution in [-0.2, 0) is 0 Å². The Balaban J connectivity index is 2.48. The molecule has 0 spiro atoms. The Labute approximate surface area is 67.9 Å². The highest BCUT2D eigenvalue weighted by Crippen LogP contribution is 2.16. The van der Waals surface area contributed by atoms with E-state index in [1.54, 1.807) is 12.1 Å². The molecule has 1 heterocycles. The molecule has 1 aromatic carbocycles. The van der Waals surface area contributed by atoms with Crippen LogP contribution < -0.4 is 0 Å². The van der Waals surface area contributed by atoms with E-state index in [0.717, 1.165) is 0 Å². The predicted octanol–water partition coefficient (Wildman–Crippen LogP) is 1.88. The molecular weight excluding hydrogens is 159 g/mol. The van der Waals surface area contributed by atoms with Crippen molar-refractivity contribution in [2.24, 2.45) is 0 Å². The molecular formula is C8H5FN2O. The van der Waals surface area contributed by atoms with Gasteiger partial charge in [-0.3, -0.25) is 0 Å². The van der Waals surface area contributed by atoms with Crippen LogP contribution in [0, 0.1) is 5.82 Å². The van der Waals surface area contributed by atoms with Gasteiger partial charge in [-0.15, -0.1) is 10.2 Å². The van der Waals surface area contributed by atoms with Crippen molar-refractivity contribution in [2.75, 3.05) is 0 Å². The van der Waals surface area contributed by atoms with Crippen molar-refractivity contribution >= 4 is 0 Å². The first-order chi connectivity index (χ1) is 5.86. The van der Waals surface area contributed by atoms with Gasteiger partial charge < -0.3 is 4.42 Å². The van der Waals surface area contributed by atoms with Crippen molar-refractivity contribution < 1.29 is 8.81 Å². The minimum atomic E-state index is -0.314. The first kappa shape index (κ1) is 6.97. The topological polar surface area (TPSA) is 38.9 Å². The summed E-state index contributed by atoms with van der Waals surface area (Å²) in [6.45, 7) is 0. The molecule has 2 rings (SSSR count). The molecule has 60 valence electrons. The predicted molar refractivity (Wildman–Crippen MR) is 39.7 cm³/mol. The Hall–Kier alpha value is -1.71. The quantitative estimate of drug-likeness (QED) is 0.645. The molecule has 0 aliphatic rings. The molecule has 0 unspecified atom stereocenters. The average Bonchev–Trinajstić information content (AvgIpc) is 2.56. The molecule has 0 saturated heterocycles. The van der Waals surface area contributed by atoms with Gasteiger partial charge in [0.15, 0.2) is 0 Å². The Bertz CT molecular complexity index is 372. The number of halogens is 1. The highest BCUT2D eigenvalue weighted by Gasteiger charge is 2.02. The van der Waals surface area contributed by atoms with Crippen LogP contribution in [-0.4, -0.2) is 10.2 Å². The molecule has 3 nitrogen and oxygen atoms in total. The maximum atomic E-state index is 12.7. The second-order valence-corrected chi connectivity index (χ2v) is 2.25. The summed E-state index contributed by atoms with van der Waals surface area (Å²) in [6.07, 6.45) is 1.21. The molecule has 0 aliphatic carbocycles. The fourth-order valence-corrected chi connectivity index (χ4v) is 0.920. The molecule has 1 aromatic heterocycles. The zero-order chi connectivity index (χ0) is 8.39. The molecule has 0 amide bonds. The van der Waals surface area contributed by atoms with E-state index < -0.39 is 0 Å². The smallest absolute Gasteiger partial charge is 0.247 e. The van der Waals surface area contributed by atoms with Gasteiger partial charge >= 0.3 is 0 Å². The van der Waals surface area contributed by atoms with Gasteiger partial charge in [-0.25, -0.2) is 4.39 Å². The number of rotatable bonds is 1. The van der Waals surface area contributed by atoms with Gasteiger partial charge in [-0.05, 0) is 18.2 Å². The zero-order valence-corrected chi connectivity index (χ0v) is 6.07. The van der Waals surface area contributed by atoms with E-state index in [1.165, 1.54) is 18.5 Å². The van der Waals surface area contributed by atoms with E-state index in [9.17, 15) is 4.39 Å². The van der Waals surface area contributed by atoms with Gasteiger partial charge in [-0.1, -0.05) is 6.07 Å². The van der Waals surface area contributed by atoms with Crippen molar-refractivity contribution in [1.82, 2.24) is 10.2 Å². The summed E-state index contributed by atoms with van der Waals surface area (Å²) >= 11 is 0. The summed E-state index contributed by atoms with van der Waals surface area (Å²) < 4.78 is 17.6. The number of benzene rings is 1. The van der Waals surface area contributed by atoms with Crippen LogP contribution in [0.25, 0.3) is 11.5 Å². The highest BCUT2D eigenvalue weighted by atomic mass is 19.1. The largest absolute Gasteiger partial charge is 0.423 e. The van der Waals surface area contributed by atoms with Crippen molar-refractivity contribution in [3.63, 3.8) is 0 Å². The summed E-state index contributed by atoms with van der Waals surface area (Å²) in [5, 5.41) is 7.13. The molecule has 2 aromatic rings. The van der Waals surface area contributed by atoms with E-state index in [2.05, 4.69) is 10.2 Å². The normalized spacial score (nSPS) is 10.1. The second-order valence-electron chi connectivity index (χ2n) is 2.25. The van der Waals surface area contributed by atoms with E-state index >= 15 is 0 Å². The maximum absolute atomic E-state index is 12.7. The lowest BCUT2D eigenvalue weighted by Crippen LogP contribution is -1.79. The van der Waals surface area contributed by atoms with Crippen LogP contribution >= 0.6 is 0 Å². The zero-order valence-electron chi connectivity index (χ0n) is 6.07. The highest BCUT2D eigenvalue weighted by molar-refractivity contribution is 5.51. The minimum absolute atomic E-state index is 0.314. The number of nitrogens with zero attached hydrogens (tertiary/aromatic N) is 2. The minimum Gasteiger partial charge on any atom is -0.423 e. The van der Waals surface area contributed by atoms with Crippen LogP contribution in [0.1, 0.15) is 0 Å². The second kappa shape index (κ2) is 2.73. The molecule has 4 heteroatoms. The van der Waals surface area contributed by atoms with Gasteiger partial charge in [0, 0.05) is 5.56 Å². The summed E-state index contributed by atoms with van der Waals surface area (Å²) in [7, 11) is 0. The van der Waals surface area contributed by atoms with Crippen molar-refractivity contribution in [3.8, 4) is 11.5 Å². The summed E-state index contributed by atoms with van der Waals surface area (Å²) in [5.41, 5.74) is 0.590. The van der Waals surface area contributed by atoms with Gasteiger partial charge in [0.2, 0.25) is 12.3 Å². The van der Waals surface area contributed by atoms with Crippen LogP contribution in [0.5, 0.6) is 0 Å². The van der Waals surface area contributed by atoms with Gasteiger partial charge in [0.1, 0.15) is 5.82 Å². The van der Waals surface area contributed by atoms with Crippen molar-refractivity contribution in [2.45, 2.75) is 0 Å². The van der Waals surface area contributed by atoms with E-state index in [0.29, 0.717) is 11.5 Å². The van der Waals surface area contributed by atoms with E-state index in [-0.39, 0.29) is 5.82 Å². The number of hydrogen-bond donors (Lipinski definition) is 0. The fourth-order valence-electron chi connectivity index (χ4n) is 0.920. The molecule has 0 atom stereocenters. The fraction of sp³-hybridized carbons (Fsp3) is 0. The molecule has 0 N–H and O–H groups in total. The lowest BCUT2D eigenvalue weighted by Gasteiger charge is -1.92. The molecule has 0 saturated carbocycles. The van der Waals surface area contributed by atoms with Crippen molar-refractivity contribution in [3.05, 3.63) is 36.5 Å². The van der Waals surface area contributed by atoms with Crippen LogP contribution in [0.2, 0.25) is 0 Å². The molecule has 0 radical (unpaired) electrons. The Kier molecular flexibility index (Phi) is 1.59. The third-order valence-corrected chi connectivity index (χ3v) is 1.43. The number of hydrogen-bond acceptors (Lipinski definition) is 3. The standard InChI is InChI=1S/C8H5FN2O/c9-7-3-1-2-6(4-7)8-11-10-5-12-8/h1-5H. The third-order valence-electron chi connectivity index (χ3n) is 1.43. The Morgan fingerprint density at radius 1 is 1.33 bits per heavy atom. The molecule has 0 aliphatic heterocycles. The molecule has 12 heavy (non-hydrogen) atoms. The Morgan fingerprint density at radius 2 is 2.25 bits per heavy atom. The summed E-state index contributed by atoms with van der Waals surface area (Å²) in [4.78, 5) is 0. The van der Waals surface area contributed by atoms with E-state index in [1.807, 2.05) is 0 Å². The van der Waals surface area contributed by atoms with Crippen LogP contribution in [0.15, 0.2) is 35.1 Å². The van der Waals surface area contributed by atoms with Crippen LogP contribution in [0.3, 0.4) is 0 Å². The van der Waals surface area contributed by atoms with Gasteiger partial charge in [0.05, 0.1) is 0 Å². The molecule has 0 bridgehead atoms. The SMILES string of the molecule is Fc1cccc(-c2nnco2)c1. The first-order valence-corrected chi connectivity index (χ1v) is 3.38. The summed E-state index contributed by atoms with van der Waals surface area (Å²) in [6, 6.07) is 6.00. The van der Waals surface area contributed by atoms with Crippen LogP contribution in [0.4, 0.5) is 4.39 Å². The lowest BCUT2D eigenvalue weighted by molar-refractivity contribution is 0.567. The monoisotopic (exact) mass is 164 g/mol. The van der Waals surface area contributed by atoms with Crippen molar-refractivity contribution in [1.29, 1.82) is 0 Å². The van der Waals surface area contributed by atoms with Gasteiger partial charge in [-0.2, -0.15) is 0 Å². The first-order valence-electron chi connectivity index (χ1n) is 3.38.